The summed E-state index contributed by atoms with van der Waals surface area (Å²) in [6.07, 6.45) is 0. The fourth-order valence-electron chi connectivity index (χ4n) is 11.4. The van der Waals surface area contributed by atoms with Crippen molar-refractivity contribution in [1.82, 2.24) is 9.13 Å². The lowest BCUT2D eigenvalue weighted by molar-refractivity contribution is 0.590. The molecule has 0 aliphatic carbocycles. The quantitative estimate of drug-likeness (QED) is 0.157. The number of benzene rings is 9. The molecule has 0 radical (unpaired) electrons. The molecule has 2 nitrogen and oxygen atoms in total. The molecular weight excluding hydrogens is 759 g/mol. The first kappa shape index (κ1) is 36.5. The predicted molar refractivity (Wildman–Crippen MR) is 271 cm³/mol. The smallest absolute Gasteiger partial charge is 0.253 e. The summed E-state index contributed by atoms with van der Waals surface area (Å²) < 4.78 is 5.33. The van der Waals surface area contributed by atoms with Crippen LogP contribution in [0, 0.1) is 0 Å². The third-order valence-corrected chi connectivity index (χ3v) is 14.4. The lowest BCUT2D eigenvalue weighted by Crippen LogP contribution is -2.60. The van der Waals surface area contributed by atoms with E-state index in [-0.39, 0.29) is 17.5 Å². The minimum atomic E-state index is -0.0635. The van der Waals surface area contributed by atoms with Crippen molar-refractivity contribution in [2.75, 3.05) is 0 Å². The predicted octanol–water partition coefficient (Wildman–Crippen LogP) is 13.8. The van der Waals surface area contributed by atoms with Gasteiger partial charge in [-0.15, -0.1) is 0 Å². The van der Waals surface area contributed by atoms with Crippen LogP contribution in [-0.2, 0) is 10.8 Å². The molecule has 63 heavy (non-hydrogen) atoms. The molecule has 0 saturated carbocycles. The SMILES string of the molecule is CC(C)(C)c1ccc2c(c1)c1cc(C(C)(C)C)cc3c1n2-c1cc(-c2cccc4ccccc24)cc2c1B3c1c3ccccc3cc3c(-c4ccccc4)c(-c4ccccc4)n-2c13. The Labute approximate surface area is 369 Å². The monoisotopic (exact) mass is 806 g/mol. The fraction of sp³-hybridized carbons (Fsp3) is 0.133. The third kappa shape index (κ3) is 5.08. The van der Waals surface area contributed by atoms with E-state index in [0.29, 0.717) is 0 Å². The van der Waals surface area contributed by atoms with Crippen molar-refractivity contribution in [1.29, 1.82) is 0 Å². The van der Waals surface area contributed by atoms with Gasteiger partial charge in [-0.25, -0.2) is 0 Å². The van der Waals surface area contributed by atoms with Gasteiger partial charge in [0, 0.05) is 38.6 Å². The lowest BCUT2D eigenvalue weighted by atomic mass is 9.33. The number of hydrogen-bond acceptors (Lipinski definition) is 0. The Morgan fingerprint density at radius 2 is 1.02 bits per heavy atom. The molecule has 0 N–H and O–H groups in total. The minimum Gasteiger partial charge on any atom is -0.310 e. The molecule has 2 aliphatic heterocycles. The van der Waals surface area contributed by atoms with E-state index in [9.17, 15) is 0 Å². The van der Waals surface area contributed by atoms with Gasteiger partial charge in [0.2, 0.25) is 0 Å². The zero-order chi connectivity index (χ0) is 42.5. The summed E-state index contributed by atoms with van der Waals surface area (Å²) in [6.45, 7) is 14.1. The van der Waals surface area contributed by atoms with Crippen molar-refractivity contribution in [3.05, 3.63) is 187 Å². The Bertz CT molecular complexity index is 3730. The van der Waals surface area contributed by atoms with Crippen LogP contribution in [0.1, 0.15) is 52.7 Å². The van der Waals surface area contributed by atoms with Crippen LogP contribution in [0.5, 0.6) is 0 Å². The highest BCUT2D eigenvalue weighted by molar-refractivity contribution is 7.01. The van der Waals surface area contributed by atoms with Gasteiger partial charge in [-0.05, 0) is 119 Å². The molecule has 9 aromatic carbocycles. The van der Waals surface area contributed by atoms with E-state index in [1.807, 2.05) is 0 Å². The normalized spacial score (nSPS) is 13.2. The first-order chi connectivity index (χ1) is 30.5. The maximum atomic E-state index is 2.68. The van der Waals surface area contributed by atoms with Gasteiger partial charge in [0.25, 0.3) is 6.71 Å². The van der Waals surface area contributed by atoms with Gasteiger partial charge in [0.05, 0.1) is 16.7 Å². The van der Waals surface area contributed by atoms with Crippen molar-refractivity contribution >= 4 is 77.4 Å². The summed E-state index contributed by atoms with van der Waals surface area (Å²) in [6, 6.07) is 67.0. The van der Waals surface area contributed by atoms with E-state index in [1.165, 1.54) is 127 Å². The molecule has 3 heteroatoms. The average Bonchev–Trinajstić information content (AvgIpc) is 3.82. The van der Waals surface area contributed by atoms with Crippen molar-refractivity contribution in [2.24, 2.45) is 0 Å². The minimum absolute atomic E-state index is 0.00766. The van der Waals surface area contributed by atoms with Gasteiger partial charge in [-0.2, -0.15) is 0 Å². The highest BCUT2D eigenvalue weighted by Gasteiger charge is 2.44. The molecule has 13 rings (SSSR count). The number of fused-ring (bicyclic) bond motifs is 10. The van der Waals surface area contributed by atoms with Crippen LogP contribution in [0.4, 0.5) is 0 Å². The molecule has 0 atom stereocenters. The van der Waals surface area contributed by atoms with E-state index < -0.39 is 0 Å². The van der Waals surface area contributed by atoms with Crippen molar-refractivity contribution in [3.8, 4) is 44.9 Å². The van der Waals surface area contributed by atoms with Gasteiger partial charge in [-0.1, -0.05) is 181 Å². The highest BCUT2D eigenvalue weighted by atomic mass is 15.0. The molecule has 2 aromatic heterocycles. The zero-order valence-corrected chi connectivity index (χ0v) is 36.7. The van der Waals surface area contributed by atoms with Crippen LogP contribution in [0.2, 0.25) is 0 Å². The average molecular weight is 807 g/mol. The number of nitrogens with zero attached hydrogens (tertiary/aromatic N) is 2. The lowest BCUT2D eigenvalue weighted by Gasteiger charge is -2.36. The van der Waals surface area contributed by atoms with Crippen LogP contribution >= 0.6 is 0 Å². The Morgan fingerprint density at radius 1 is 0.397 bits per heavy atom. The Hall–Kier alpha value is -7.10. The van der Waals surface area contributed by atoms with E-state index in [2.05, 4.69) is 227 Å². The topological polar surface area (TPSA) is 9.86 Å². The number of hydrogen-bond donors (Lipinski definition) is 0. The molecule has 2 aliphatic rings. The second-order valence-electron chi connectivity index (χ2n) is 20.1. The van der Waals surface area contributed by atoms with Crippen molar-refractivity contribution in [2.45, 2.75) is 52.4 Å². The summed E-state index contributed by atoms with van der Waals surface area (Å²) in [5.41, 5.74) is 20.7. The zero-order valence-electron chi connectivity index (χ0n) is 36.7. The fourth-order valence-corrected chi connectivity index (χ4v) is 11.4. The van der Waals surface area contributed by atoms with Crippen molar-refractivity contribution < 1.29 is 0 Å². The van der Waals surface area contributed by atoms with Gasteiger partial charge in [0.15, 0.2) is 0 Å². The molecule has 0 bridgehead atoms. The summed E-state index contributed by atoms with van der Waals surface area (Å²) in [7, 11) is 0. The molecular formula is C60H47BN2. The van der Waals surface area contributed by atoms with Gasteiger partial charge >= 0.3 is 0 Å². The van der Waals surface area contributed by atoms with Crippen LogP contribution in [-0.4, -0.2) is 15.8 Å². The Morgan fingerprint density at radius 3 is 1.75 bits per heavy atom. The highest BCUT2D eigenvalue weighted by Crippen LogP contribution is 2.48. The maximum absolute atomic E-state index is 2.68. The molecule has 4 heterocycles. The second-order valence-corrected chi connectivity index (χ2v) is 20.1. The largest absolute Gasteiger partial charge is 0.310 e. The van der Waals surface area contributed by atoms with Crippen LogP contribution < -0.4 is 16.4 Å². The summed E-state index contributed by atoms with van der Waals surface area (Å²) in [5, 5.41) is 9.06. The summed E-state index contributed by atoms with van der Waals surface area (Å²) >= 11 is 0. The van der Waals surface area contributed by atoms with Gasteiger partial charge in [0.1, 0.15) is 0 Å². The first-order valence-electron chi connectivity index (χ1n) is 22.6. The molecule has 0 saturated heterocycles. The van der Waals surface area contributed by atoms with Crippen molar-refractivity contribution in [3.63, 3.8) is 0 Å². The molecule has 0 amide bonds. The Balaban J connectivity index is 1.30. The molecule has 0 spiro atoms. The van der Waals surface area contributed by atoms with Gasteiger partial charge < -0.3 is 9.13 Å². The number of rotatable bonds is 3. The standard InChI is InChI=1S/C60H47BN2/c1-59(2,3)41-28-29-50-46(33-41)47-34-42(60(4,5)6)35-49-57(47)62(50)51-31-40(44-27-17-24-36-18-13-15-25-43(36)44)32-52-55(51)61(49)54-45-26-16-14-23-39(45)30-48-53(37-19-9-7-10-20-37)56(63(52)58(48)54)38-21-11-8-12-22-38/h7-35H,1-6H3. The maximum Gasteiger partial charge on any atom is 0.253 e. The Kier molecular flexibility index (Phi) is 7.39. The second kappa shape index (κ2) is 12.7. The van der Waals surface area contributed by atoms with E-state index in [4.69, 9.17) is 0 Å². The third-order valence-electron chi connectivity index (χ3n) is 14.4. The van der Waals surface area contributed by atoms with Crippen LogP contribution in [0.3, 0.4) is 0 Å². The van der Waals surface area contributed by atoms with E-state index >= 15 is 0 Å². The molecule has 11 aromatic rings. The molecule has 0 fully saturated rings. The summed E-state index contributed by atoms with van der Waals surface area (Å²) in [4.78, 5) is 0. The molecule has 0 unspecified atom stereocenters. The van der Waals surface area contributed by atoms with E-state index in [1.54, 1.807) is 0 Å². The first-order valence-corrected chi connectivity index (χ1v) is 22.6. The van der Waals surface area contributed by atoms with Crippen LogP contribution in [0.15, 0.2) is 176 Å². The van der Waals surface area contributed by atoms with E-state index in [0.717, 1.165) is 0 Å². The molecule has 300 valence electrons. The van der Waals surface area contributed by atoms with Gasteiger partial charge in [-0.3, -0.25) is 0 Å². The summed E-state index contributed by atoms with van der Waals surface area (Å²) in [5.74, 6) is 0. The van der Waals surface area contributed by atoms with Crippen LogP contribution in [0.25, 0.3) is 99.1 Å². The number of aromatic nitrogens is 2.